The van der Waals surface area contributed by atoms with Gasteiger partial charge in [0, 0.05) is 35.2 Å². The fourth-order valence-electron chi connectivity index (χ4n) is 3.59. The molecule has 142 valence electrons. The number of rotatable bonds is 4. The van der Waals surface area contributed by atoms with Gasteiger partial charge in [0.25, 0.3) is 0 Å². The minimum absolute atomic E-state index is 0.0789. The lowest BCUT2D eigenvalue weighted by atomic mass is 9.88. The molecule has 2 N–H and O–H groups in total. The molecule has 5 nitrogen and oxygen atoms in total. The van der Waals surface area contributed by atoms with Gasteiger partial charge in [-0.15, -0.1) is 0 Å². The van der Waals surface area contributed by atoms with Gasteiger partial charge in [0.05, 0.1) is 5.92 Å². The van der Waals surface area contributed by atoms with Crippen LogP contribution in [0, 0.1) is 0 Å². The monoisotopic (exact) mass is 395 g/mol. The van der Waals surface area contributed by atoms with Gasteiger partial charge in [0.2, 0.25) is 11.2 Å². The van der Waals surface area contributed by atoms with Gasteiger partial charge in [0.15, 0.2) is 5.76 Å². The van der Waals surface area contributed by atoms with Crippen LogP contribution in [0.3, 0.4) is 0 Å². The number of fused-ring (bicyclic) bond motifs is 1. The second-order valence-electron chi connectivity index (χ2n) is 6.65. The van der Waals surface area contributed by atoms with Crippen LogP contribution in [-0.4, -0.2) is 14.8 Å². The number of aromatic hydroxyl groups is 1. The summed E-state index contributed by atoms with van der Waals surface area (Å²) in [5.74, 6) is -0.889. The third-order valence-electron chi connectivity index (χ3n) is 4.84. The molecule has 0 radical (unpaired) electrons. The van der Waals surface area contributed by atoms with Crippen molar-refractivity contribution in [2.45, 2.75) is 12.5 Å². The van der Waals surface area contributed by atoms with Crippen molar-refractivity contribution in [3.8, 4) is 5.75 Å². The number of aromatic nitrogens is 1. The van der Waals surface area contributed by atoms with E-state index in [0.29, 0.717) is 5.02 Å². The van der Waals surface area contributed by atoms with Crippen LogP contribution in [0.5, 0.6) is 5.75 Å². The van der Waals surface area contributed by atoms with Crippen LogP contribution >= 0.6 is 11.6 Å². The van der Waals surface area contributed by atoms with Crippen LogP contribution < -0.4 is 5.43 Å². The van der Waals surface area contributed by atoms with Crippen LogP contribution in [0.1, 0.15) is 28.6 Å². The summed E-state index contributed by atoms with van der Waals surface area (Å²) in [6, 6.07) is 16.2. The van der Waals surface area contributed by atoms with Crippen molar-refractivity contribution in [3.05, 3.63) is 98.7 Å². The van der Waals surface area contributed by atoms with Gasteiger partial charge in [-0.05, 0) is 29.3 Å². The smallest absolute Gasteiger partial charge is 0.227 e. The van der Waals surface area contributed by atoms with E-state index in [4.69, 9.17) is 16.0 Å². The maximum atomic E-state index is 12.3. The molecule has 0 aliphatic heterocycles. The predicted molar refractivity (Wildman–Crippen MR) is 108 cm³/mol. The molecule has 6 heteroatoms. The number of hydrogen-bond acceptors (Lipinski definition) is 4. The Morgan fingerprint density at radius 2 is 1.93 bits per heavy atom. The van der Waals surface area contributed by atoms with E-state index in [1.54, 1.807) is 18.2 Å². The third-order valence-corrected chi connectivity index (χ3v) is 5.07. The molecule has 0 spiro atoms. The summed E-state index contributed by atoms with van der Waals surface area (Å²) in [6.45, 7) is -0.444. The maximum absolute atomic E-state index is 12.3. The maximum Gasteiger partial charge on any atom is 0.227 e. The standard InChI is InChI=1S/C22H18ClNO4/c1-24-11-17(16-7-2-3-8-18(16)24)20(13-5-4-6-14(23)9-13)22-21(27)19(26)10-15(12-25)28-22/h2-11,20,25,27H,12H2,1H3. The molecule has 2 aromatic heterocycles. The number of para-hydroxylation sites is 1. The zero-order chi connectivity index (χ0) is 19.8. The van der Waals surface area contributed by atoms with E-state index in [2.05, 4.69) is 0 Å². The van der Waals surface area contributed by atoms with Gasteiger partial charge >= 0.3 is 0 Å². The van der Waals surface area contributed by atoms with Crippen LogP contribution in [-0.2, 0) is 13.7 Å². The van der Waals surface area contributed by atoms with Crippen LogP contribution in [0.2, 0.25) is 5.02 Å². The van der Waals surface area contributed by atoms with E-state index >= 15 is 0 Å². The Kier molecular flexibility index (Phi) is 4.71. The highest BCUT2D eigenvalue weighted by atomic mass is 35.5. The fourth-order valence-corrected chi connectivity index (χ4v) is 3.79. The van der Waals surface area contributed by atoms with Crippen molar-refractivity contribution in [1.29, 1.82) is 0 Å². The highest BCUT2D eigenvalue weighted by molar-refractivity contribution is 6.30. The number of aryl methyl sites for hydroxylation is 1. The van der Waals surface area contributed by atoms with E-state index in [1.165, 1.54) is 0 Å². The first-order valence-electron chi connectivity index (χ1n) is 8.75. The second kappa shape index (κ2) is 7.19. The first-order chi connectivity index (χ1) is 13.5. The summed E-state index contributed by atoms with van der Waals surface area (Å²) in [4.78, 5) is 12.3. The first kappa shape index (κ1) is 18.3. The lowest BCUT2D eigenvalue weighted by Gasteiger charge is -2.18. The Bertz CT molecular complexity index is 1220. The molecular weight excluding hydrogens is 378 g/mol. The zero-order valence-corrected chi connectivity index (χ0v) is 15.8. The van der Waals surface area contributed by atoms with Gasteiger partial charge in [-0.25, -0.2) is 0 Å². The minimum Gasteiger partial charge on any atom is -0.502 e. The molecule has 4 aromatic rings. The Balaban J connectivity index is 2.07. The van der Waals surface area contributed by atoms with Gasteiger partial charge in [-0.3, -0.25) is 4.79 Å². The van der Waals surface area contributed by atoms with E-state index in [-0.39, 0.29) is 11.5 Å². The normalized spacial score (nSPS) is 12.4. The summed E-state index contributed by atoms with van der Waals surface area (Å²) >= 11 is 6.22. The van der Waals surface area contributed by atoms with Gasteiger partial charge in [-0.2, -0.15) is 0 Å². The Morgan fingerprint density at radius 1 is 1.14 bits per heavy atom. The number of nitrogens with zero attached hydrogens (tertiary/aromatic N) is 1. The summed E-state index contributed by atoms with van der Waals surface area (Å²) in [5.41, 5.74) is 2.02. The first-order valence-corrected chi connectivity index (χ1v) is 9.13. The SMILES string of the molecule is Cn1cc(C(c2cccc(Cl)c2)c2oc(CO)cc(=O)c2O)c2ccccc21. The second-order valence-corrected chi connectivity index (χ2v) is 7.08. The molecule has 0 fully saturated rings. The third kappa shape index (κ3) is 3.09. The molecule has 1 atom stereocenters. The average molecular weight is 396 g/mol. The average Bonchev–Trinajstić information content (AvgIpc) is 3.02. The van der Waals surface area contributed by atoms with Crippen molar-refractivity contribution in [3.63, 3.8) is 0 Å². The van der Waals surface area contributed by atoms with Crippen LogP contribution in [0.4, 0.5) is 0 Å². The van der Waals surface area contributed by atoms with Crippen LogP contribution in [0.15, 0.2) is 70.0 Å². The fraction of sp³-hybridized carbons (Fsp3) is 0.136. The van der Waals surface area contributed by atoms with Gasteiger partial charge < -0.3 is 19.2 Å². The summed E-state index contributed by atoms with van der Waals surface area (Å²) in [5, 5.41) is 21.5. The van der Waals surface area contributed by atoms with E-state index in [0.717, 1.165) is 28.1 Å². The largest absolute Gasteiger partial charge is 0.502 e. The Labute approximate surface area is 166 Å². The Hall–Kier alpha value is -3.02. The number of halogens is 1. The Morgan fingerprint density at radius 3 is 2.68 bits per heavy atom. The molecule has 28 heavy (non-hydrogen) atoms. The molecule has 0 bridgehead atoms. The minimum atomic E-state index is -0.599. The molecule has 0 saturated heterocycles. The summed E-state index contributed by atoms with van der Waals surface area (Å²) in [6.07, 6.45) is 1.95. The van der Waals surface area contributed by atoms with Crippen LogP contribution in [0.25, 0.3) is 10.9 Å². The topological polar surface area (TPSA) is 75.6 Å². The molecule has 0 amide bonds. The number of aliphatic hydroxyl groups excluding tert-OH is 1. The van der Waals surface area contributed by atoms with E-state index < -0.39 is 23.7 Å². The molecule has 4 rings (SSSR count). The molecule has 1 unspecified atom stereocenters. The molecule has 0 aliphatic rings. The predicted octanol–water partition coefficient (Wildman–Crippen LogP) is 4.16. The lowest BCUT2D eigenvalue weighted by Crippen LogP contribution is -2.11. The highest BCUT2D eigenvalue weighted by Crippen LogP contribution is 2.40. The zero-order valence-electron chi connectivity index (χ0n) is 15.1. The van der Waals surface area contributed by atoms with Crippen molar-refractivity contribution >= 4 is 22.5 Å². The van der Waals surface area contributed by atoms with Crippen molar-refractivity contribution in [2.75, 3.05) is 0 Å². The molecule has 2 heterocycles. The number of hydrogen-bond donors (Lipinski definition) is 2. The number of aliphatic hydroxyl groups is 1. The molecular formula is C22H18ClNO4. The number of benzene rings is 2. The van der Waals surface area contributed by atoms with Gasteiger partial charge in [-0.1, -0.05) is 41.9 Å². The summed E-state index contributed by atoms with van der Waals surface area (Å²) in [7, 11) is 1.93. The van der Waals surface area contributed by atoms with Gasteiger partial charge in [0.1, 0.15) is 12.4 Å². The van der Waals surface area contributed by atoms with E-state index in [1.807, 2.05) is 48.1 Å². The van der Waals surface area contributed by atoms with Crippen molar-refractivity contribution in [2.24, 2.45) is 7.05 Å². The van der Waals surface area contributed by atoms with E-state index in [9.17, 15) is 15.0 Å². The molecule has 0 aliphatic carbocycles. The summed E-state index contributed by atoms with van der Waals surface area (Å²) < 4.78 is 7.73. The van der Waals surface area contributed by atoms with Crippen molar-refractivity contribution in [1.82, 2.24) is 4.57 Å². The highest BCUT2D eigenvalue weighted by Gasteiger charge is 2.28. The molecule has 2 aromatic carbocycles. The quantitative estimate of drug-likeness (QED) is 0.544. The molecule has 0 saturated carbocycles. The van der Waals surface area contributed by atoms with Crippen molar-refractivity contribution < 1.29 is 14.6 Å². The lowest BCUT2D eigenvalue weighted by molar-refractivity contribution is 0.235.